The Morgan fingerprint density at radius 3 is 2.13 bits per heavy atom. The summed E-state index contributed by atoms with van der Waals surface area (Å²) in [6, 6.07) is 11.2. The SMILES string of the molecule is CC(C)(C)OC(=O)O[C@H]1CN(C(=O)OC(C)(C)C)[C@H](Cc2ccc(-c3cnco3)cc2)[C@@H]1OC(=O)Oc1ccc([N+](=O)[O-])cc1. The largest absolute Gasteiger partial charge is 0.514 e. The highest BCUT2D eigenvalue weighted by molar-refractivity contribution is 5.70. The van der Waals surface area contributed by atoms with E-state index in [2.05, 4.69) is 4.98 Å². The Balaban J connectivity index is 1.63. The van der Waals surface area contributed by atoms with Gasteiger partial charge in [-0.05, 0) is 65.7 Å². The van der Waals surface area contributed by atoms with Gasteiger partial charge in [-0.1, -0.05) is 24.3 Å². The molecule has 0 bridgehead atoms. The number of nitro benzene ring substituents is 1. The van der Waals surface area contributed by atoms with E-state index in [1.54, 1.807) is 47.7 Å². The van der Waals surface area contributed by atoms with Gasteiger partial charge < -0.3 is 28.1 Å². The first-order valence-corrected chi connectivity index (χ1v) is 14.1. The summed E-state index contributed by atoms with van der Waals surface area (Å²) in [5.41, 5.74) is -0.393. The van der Waals surface area contributed by atoms with E-state index in [1.165, 1.54) is 35.6 Å². The summed E-state index contributed by atoms with van der Waals surface area (Å²) in [6.45, 7) is 9.95. The first-order valence-electron chi connectivity index (χ1n) is 14.1. The zero-order valence-electron chi connectivity index (χ0n) is 25.8. The molecule has 0 unspecified atom stereocenters. The molecule has 2 aromatic carbocycles. The third-order valence-corrected chi connectivity index (χ3v) is 6.38. The monoisotopic (exact) mass is 625 g/mol. The number of ether oxygens (including phenoxy) is 5. The minimum atomic E-state index is -1.22. The van der Waals surface area contributed by atoms with Gasteiger partial charge in [0.1, 0.15) is 17.0 Å². The lowest BCUT2D eigenvalue weighted by molar-refractivity contribution is -0.384. The third-order valence-electron chi connectivity index (χ3n) is 6.38. The Bertz CT molecular complexity index is 1490. The number of benzene rings is 2. The normalized spacial score (nSPS) is 18.2. The van der Waals surface area contributed by atoms with Crippen LogP contribution in [0.3, 0.4) is 0 Å². The number of aromatic nitrogens is 1. The number of oxazole rings is 1. The minimum absolute atomic E-state index is 0.0169. The fourth-order valence-electron chi connectivity index (χ4n) is 4.54. The Morgan fingerprint density at radius 1 is 0.933 bits per heavy atom. The highest BCUT2D eigenvalue weighted by Gasteiger charge is 2.50. The van der Waals surface area contributed by atoms with Crippen LogP contribution in [0.1, 0.15) is 47.1 Å². The molecular formula is C31H35N3O11. The molecule has 14 nitrogen and oxygen atoms in total. The molecule has 0 spiro atoms. The van der Waals surface area contributed by atoms with Gasteiger partial charge in [0.15, 0.2) is 24.4 Å². The fraction of sp³-hybridized carbons (Fsp3) is 0.419. The molecule has 4 rings (SSSR count). The van der Waals surface area contributed by atoms with Gasteiger partial charge in [0, 0.05) is 17.7 Å². The van der Waals surface area contributed by atoms with Crippen molar-refractivity contribution < 1.29 is 47.4 Å². The molecule has 3 atom stereocenters. The Morgan fingerprint density at radius 2 is 1.58 bits per heavy atom. The van der Waals surface area contributed by atoms with Crippen molar-refractivity contribution in [2.75, 3.05) is 6.54 Å². The second-order valence-electron chi connectivity index (χ2n) is 12.3. The maximum absolute atomic E-state index is 13.4. The molecule has 0 saturated carbocycles. The predicted molar refractivity (Wildman–Crippen MR) is 157 cm³/mol. The zero-order valence-corrected chi connectivity index (χ0v) is 25.8. The van der Waals surface area contributed by atoms with Gasteiger partial charge in [-0.15, -0.1) is 0 Å². The number of amides is 1. The molecule has 240 valence electrons. The highest BCUT2D eigenvalue weighted by Crippen LogP contribution is 2.31. The van der Waals surface area contributed by atoms with E-state index < -0.39 is 52.8 Å². The van der Waals surface area contributed by atoms with E-state index in [-0.39, 0.29) is 24.4 Å². The first kappa shape index (κ1) is 32.8. The van der Waals surface area contributed by atoms with Crippen LogP contribution in [0.2, 0.25) is 0 Å². The van der Waals surface area contributed by atoms with Crippen molar-refractivity contribution in [1.29, 1.82) is 0 Å². The molecule has 0 radical (unpaired) electrons. The van der Waals surface area contributed by atoms with Crippen molar-refractivity contribution in [1.82, 2.24) is 9.88 Å². The van der Waals surface area contributed by atoms with Crippen LogP contribution in [0.25, 0.3) is 11.3 Å². The van der Waals surface area contributed by atoms with Crippen LogP contribution in [0.15, 0.2) is 65.5 Å². The van der Waals surface area contributed by atoms with Crippen LogP contribution in [0, 0.1) is 10.1 Å². The molecular weight excluding hydrogens is 590 g/mol. The molecule has 2 heterocycles. The van der Waals surface area contributed by atoms with E-state index in [9.17, 15) is 24.5 Å². The summed E-state index contributed by atoms with van der Waals surface area (Å²) in [4.78, 5) is 54.8. The highest BCUT2D eigenvalue weighted by atomic mass is 16.8. The van der Waals surface area contributed by atoms with Crippen molar-refractivity contribution >= 4 is 24.1 Å². The van der Waals surface area contributed by atoms with E-state index in [0.717, 1.165) is 11.1 Å². The average molecular weight is 626 g/mol. The molecule has 1 aliphatic rings. The standard InChI is InChI=1S/C31H35N3O11/c1-30(2,3)44-27(35)33-17-25(42-29(37)45-31(4,5)6)26(43-28(36)41-22-13-11-21(12-14-22)34(38)39)23(33)15-19-7-9-20(10-8-19)24-16-32-18-40-24/h7-14,16,18,23,25-26H,15,17H2,1-6H3/t23-,25+,26+/m1/s1. The van der Waals surface area contributed by atoms with Crippen LogP contribution >= 0.6 is 0 Å². The number of non-ortho nitro benzene ring substituents is 1. The predicted octanol–water partition coefficient (Wildman–Crippen LogP) is 6.32. The summed E-state index contributed by atoms with van der Waals surface area (Å²) >= 11 is 0. The summed E-state index contributed by atoms with van der Waals surface area (Å²) in [6.07, 6.45) is -2.22. The smallest absolute Gasteiger partial charge is 0.444 e. The first-order chi connectivity index (χ1) is 21.1. The lowest BCUT2D eigenvalue weighted by atomic mass is 9.99. The van der Waals surface area contributed by atoms with Crippen LogP contribution in [0.4, 0.5) is 20.1 Å². The molecule has 1 fully saturated rings. The summed E-state index contributed by atoms with van der Waals surface area (Å²) in [5, 5.41) is 11.0. The van der Waals surface area contributed by atoms with E-state index in [4.69, 9.17) is 28.1 Å². The molecule has 45 heavy (non-hydrogen) atoms. The molecule has 3 aromatic rings. The molecule has 1 aliphatic heterocycles. The summed E-state index contributed by atoms with van der Waals surface area (Å²) in [5.74, 6) is 0.551. The van der Waals surface area contributed by atoms with Crippen LogP contribution < -0.4 is 4.74 Å². The molecule has 0 aliphatic carbocycles. The van der Waals surface area contributed by atoms with Crippen LogP contribution in [0.5, 0.6) is 5.75 Å². The number of rotatable bonds is 7. The number of hydrogen-bond donors (Lipinski definition) is 0. The van der Waals surface area contributed by atoms with Gasteiger partial charge in [-0.3, -0.25) is 15.0 Å². The molecule has 1 saturated heterocycles. The molecule has 14 heteroatoms. The maximum atomic E-state index is 13.4. The second kappa shape index (κ2) is 13.2. The quantitative estimate of drug-likeness (QED) is 0.0943. The van der Waals surface area contributed by atoms with Crippen LogP contribution in [-0.4, -0.2) is 69.2 Å². The zero-order chi connectivity index (χ0) is 32.9. The van der Waals surface area contributed by atoms with E-state index >= 15 is 0 Å². The van der Waals surface area contributed by atoms with Crippen molar-refractivity contribution in [3.63, 3.8) is 0 Å². The molecule has 1 amide bonds. The van der Waals surface area contributed by atoms with E-state index in [1.807, 2.05) is 24.3 Å². The Hall–Kier alpha value is -5.14. The van der Waals surface area contributed by atoms with E-state index in [0.29, 0.717) is 5.76 Å². The van der Waals surface area contributed by atoms with Gasteiger partial charge in [0.05, 0.1) is 23.7 Å². The van der Waals surface area contributed by atoms with Crippen LogP contribution in [-0.2, 0) is 25.4 Å². The number of carbonyl (C=O) groups is 3. The maximum Gasteiger partial charge on any atom is 0.514 e. The number of carbonyl (C=O) groups excluding carboxylic acids is 3. The minimum Gasteiger partial charge on any atom is -0.444 e. The van der Waals surface area contributed by atoms with Crippen molar-refractivity contribution in [2.45, 2.75) is 77.4 Å². The van der Waals surface area contributed by atoms with Gasteiger partial charge in [0.2, 0.25) is 0 Å². The molecule has 1 aromatic heterocycles. The lowest BCUT2D eigenvalue weighted by Crippen LogP contribution is -2.45. The van der Waals surface area contributed by atoms with Crippen molar-refractivity contribution in [3.05, 3.63) is 76.8 Å². The van der Waals surface area contributed by atoms with Gasteiger partial charge in [0.25, 0.3) is 5.69 Å². The number of hydrogen-bond acceptors (Lipinski definition) is 12. The van der Waals surface area contributed by atoms with Gasteiger partial charge in [-0.25, -0.2) is 19.4 Å². The second-order valence-corrected chi connectivity index (χ2v) is 12.3. The van der Waals surface area contributed by atoms with Gasteiger partial charge >= 0.3 is 18.4 Å². The van der Waals surface area contributed by atoms with Crippen molar-refractivity contribution in [2.24, 2.45) is 0 Å². The number of nitro groups is 1. The van der Waals surface area contributed by atoms with Crippen molar-refractivity contribution in [3.8, 4) is 17.1 Å². The third kappa shape index (κ3) is 9.17. The number of likely N-dealkylation sites (tertiary alicyclic amines) is 1. The summed E-state index contributed by atoms with van der Waals surface area (Å²) in [7, 11) is 0. The molecule has 0 N–H and O–H groups in total. The Kier molecular flexibility index (Phi) is 9.64. The lowest BCUT2D eigenvalue weighted by Gasteiger charge is -2.30. The average Bonchev–Trinajstić information content (AvgIpc) is 3.57. The fourth-order valence-corrected chi connectivity index (χ4v) is 4.54. The van der Waals surface area contributed by atoms with Gasteiger partial charge in [-0.2, -0.15) is 0 Å². The summed E-state index contributed by atoms with van der Waals surface area (Å²) < 4.78 is 32.9. The Labute approximate surface area is 259 Å². The topological polar surface area (TPSA) is 170 Å². The number of nitrogens with zero attached hydrogens (tertiary/aromatic N) is 3.